The number of nitriles is 1. The molecule has 0 unspecified atom stereocenters. The molecule has 166 valence electrons. The van der Waals surface area contributed by atoms with Crippen LogP contribution in [0.25, 0.3) is 11.1 Å². The number of nitrogens with zero attached hydrogens (tertiary/aromatic N) is 4. The lowest BCUT2D eigenvalue weighted by Crippen LogP contribution is -2.49. The van der Waals surface area contributed by atoms with E-state index in [2.05, 4.69) is 12.1 Å². The van der Waals surface area contributed by atoms with Crippen LogP contribution in [0.15, 0.2) is 65.5 Å². The topological polar surface area (TPSA) is 69.3 Å². The minimum absolute atomic E-state index is 0.0115. The molecule has 2 atom stereocenters. The highest BCUT2D eigenvalue weighted by Gasteiger charge is 2.37. The number of hydrogen-bond acceptors (Lipinski definition) is 4. The Morgan fingerprint density at radius 1 is 0.970 bits per heavy atom. The fourth-order valence-electron chi connectivity index (χ4n) is 5.14. The molecule has 0 radical (unpaired) electrons. The summed E-state index contributed by atoms with van der Waals surface area (Å²) in [5.74, 6) is 0.392. The van der Waals surface area contributed by atoms with Gasteiger partial charge in [-0.25, -0.2) is 0 Å². The predicted molar refractivity (Wildman–Crippen MR) is 128 cm³/mol. The van der Waals surface area contributed by atoms with Crippen LogP contribution in [0, 0.1) is 17.2 Å². The number of hydrogen-bond donors (Lipinski definition) is 0. The second-order valence-corrected chi connectivity index (χ2v) is 9.23. The first kappa shape index (κ1) is 21.0. The third-order valence-corrected chi connectivity index (χ3v) is 6.85. The van der Waals surface area contributed by atoms with E-state index in [0.717, 1.165) is 28.9 Å². The fourth-order valence-corrected chi connectivity index (χ4v) is 5.14. The summed E-state index contributed by atoms with van der Waals surface area (Å²) in [5, 5.41) is 8.99. The van der Waals surface area contributed by atoms with Crippen LogP contribution < -0.4 is 10.5 Å². The summed E-state index contributed by atoms with van der Waals surface area (Å²) in [7, 11) is 3.99. The van der Waals surface area contributed by atoms with Crippen molar-refractivity contribution in [3.63, 3.8) is 0 Å². The zero-order valence-corrected chi connectivity index (χ0v) is 18.9. The standard InChI is InChI=1S/C27H26N4O2/c1-29(2)23-9-7-20(8-10-23)24-11-12-25-22-13-19(16-31(25)27(24)33)15-30(17-22)26(32)21-5-3-18(14-28)4-6-21/h3-12,19,22H,13,15-17H2,1-2H3/t19-,22+/m0/s1. The highest BCUT2D eigenvalue weighted by atomic mass is 16.2. The van der Waals surface area contributed by atoms with Crippen molar-refractivity contribution in [2.24, 2.45) is 5.92 Å². The monoisotopic (exact) mass is 438 g/mol. The van der Waals surface area contributed by atoms with Gasteiger partial charge < -0.3 is 14.4 Å². The summed E-state index contributed by atoms with van der Waals surface area (Å²) < 4.78 is 1.93. The predicted octanol–water partition coefficient (Wildman–Crippen LogP) is 3.71. The van der Waals surface area contributed by atoms with Gasteiger partial charge in [0.15, 0.2) is 0 Å². The van der Waals surface area contributed by atoms with Crippen molar-refractivity contribution in [3.8, 4) is 17.2 Å². The average Bonchev–Trinajstić information content (AvgIpc) is 2.84. The van der Waals surface area contributed by atoms with Crippen LogP contribution in [0.2, 0.25) is 0 Å². The SMILES string of the molecule is CN(C)c1ccc(-c2ccc3n(c2=O)C[C@H]2C[C@@H]3CN(C(=O)c3ccc(C#N)cc3)C2)cc1. The number of anilines is 1. The van der Waals surface area contributed by atoms with E-state index in [0.29, 0.717) is 30.8 Å². The molecule has 6 heteroatoms. The second-order valence-electron chi connectivity index (χ2n) is 9.23. The number of aromatic nitrogens is 1. The van der Waals surface area contributed by atoms with Gasteiger partial charge in [0.2, 0.25) is 0 Å². The molecule has 3 heterocycles. The number of carbonyl (C=O) groups excluding carboxylic acids is 1. The lowest BCUT2D eigenvalue weighted by molar-refractivity contribution is 0.0594. The molecule has 3 aromatic rings. The number of rotatable bonds is 3. The zero-order valence-electron chi connectivity index (χ0n) is 18.9. The van der Waals surface area contributed by atoms with E-state index in [-0.39, 0.29) is 23.3 Å². The number of amides is 1. The normalized spacial score (nSPS) is 18.9. The lowest BCUT2D eigenvalue weighted by Gasteiger charge is -2.43. The highest BCUT2D eigenvalue weighted by Crippen LogP contribution is 2.36. The number of carbonyl (C=O) groups is 1. The molecule has 1 saturated heterocycles. The van der Waals surface area contributed by atoms with Crippen molar-refractivity contribution < 1.29 is 4.79 Å². The van der Waals surface area contributed by atoms with Gasteiger partial charge in [0, 0.05) is 62.2 Å². The van der Waals surface area contributed by atoms with Crippen LogP contribution in [0.3, 0.4) is 0 Å². The van der Waals surface area contributed by atoms with Crippen molar-refractivity contribution in [1.29, 1.82) is 5.26 Å². The van der Waals surface area contributed by atoms with E-state index in [1.807, 2.05) is 58.8 Å². The van der Waals surface area contributed by atoms with Crippen LogP contribution >= 0.6 is 0 Å². The smallest absolute Gasteiger partial charge is 0.258 e. The quantitative estimate of drug-likeness (QED) is 0.625. The lowest BCUT2D eigenvalue weighted by atomic mass is 9.82. The number of fused-ring (bicyclic) bond motifs is 4. The molecule has 0 aliphatic carbocycles. The Balaban J connectivity index is 1.41. The molecule has 2 aliphatic rings. The minimum atomic E-state index is -0.0115. The maximum absolute atomic E-state index is 13.4. The molecule has 0 saturated carbocycles. The molecule has 0 spiro atoms. The summed E-state index contributed by atoms with van der Waals surface area (Å²) in [6.45, 7) is 1.88. The maximum Gasteiger partial charge on any atom is 0.258 e. The Kier molecular flexibility index (Phi) is 5.26. The van der Waals surface area contributed by atoms with E-state index in [1.165, 1.54) is 0 Å². The third-order valence-electron chi connectivity index (χ3n) is 6.85. The van der Waals surface area contributed by atoms with Crippen LogP contribution in [0.5, 0.6) is 0 Å². The average molecular weight is 439 g/mol. The van der Waals surface area contributed by atoms with Gasteiger partial charge in [-0.15, -0.1) is 0 Å². The van der Waals surface area contributed by atoms with Gasteiger partial charge in [-0.3, -0.25) is 9.59 Å². The van der Waals surface area contributed by atoms with Gasteiger partial charge in [-0.05, 0) is 66.4 Å². The van der Waals surface area contributed by atoms with Gasteiger partial charge in [-0.2, -0.15) is 5.26 Å². The van der Waals surface area contributed by atoms with Gasteiger partial charge >= 0.3 is 0 Å². The molecule has 2 aromatic carbocycles. The molecule has 1 fully saturated rings. The molecule has 6 nitrogen and oxygen atoms in total. The van der Waals surface area contributed by atoms with E-state index in [4.69, 9.17) is 5.26 Å². The first-order valence-electron chi connectivity index (χ1n) is 11.3. The largest absolute Gasteiger partial charge is 0.378 e. The van der Waals surface area contributed by atoms with E-state index in [1.54, 1.807) is 24.3 Å². The Labute approximate surface area is 193 Å². The third kappa shape index (κ3) is 3.80. The van der Waals surface area contributed by atoms with E-state index in [9.17, 15) is 9.59 Å². The molecule has 1 aromatic heterocycles. The first-order valence-corrected chi connectivity index (χ1v) is 11.3. The summed E-state index contributed by atoms with van der Waals surface area (Å²) in [5.41, 5.74) is 4.95. The van der Waals surface area contributed by atoms with Gasteiger partial charge in [-0.1, -0.05) is 12.1 Å². The van der Waals surface area contributed by atoms with Gasteiger partial charge in [0.25, 0.3) is 11.5 Å². The van der Waals surface area contributed by atoms with Crippen molar-refractivity contribution in [3.05, 3.63) is 87.8 Å². The summed E-state index contributed by atoms with van der Waals surface area (Å²) in [6, 6.07) is 20.9. The maximum atomic E-state index is 13.4. The van der Waals surface area contributed by atoms with Crippen LogP contribution in [-0.2, 0) is 6.54 Å². The molecule has 5 rings (SSSR count). The molecular weight excluding hydrogens is 412 g/mol. The zero-order chi connectivity index (χ0) is 23.1. The highest BCUT2D eigenvalue weighted by molar-refractivity contribution is 5.94. The Bertz CT molecular complexity index is 1300. The van der Waals surface area contributed by atoms with Crippen molar-refractivity contribution in [2.45, 2.75) is 18.9 Å². The molecule has 0 N–H and O–H groups in total. The number of pyridine rings is 1. The molecule has 33 heavy (non-hydrogen) atoms. The van der Waals surface area contributed by atoms with Crippen molar-refractivity contribution in [1.82, 2.24) is 9.47 Å². The fraction of sp³-hybridized carbons (Fsp3) is 0.296. The van der Waals surface area contributed by atoms with E-state index >= 15 is 0 Å². The number of piperidine rings is 1. The molecule has 2 aliphatic heterocycles. The van der Waals surface area contributed by atoms with E-state index < -0.39 is 0 Å². The van der Waals surface area contributed by atoms with Crippen LogP contribution in [-0.4, -0.2) is 42.6 Å². The minimum Gasteiger partial charge on any atom is -0.378 e. The van der Waals surface area contributed by atoms with Crippen molar-refractivity contribution >= 4 is 11.6 Å². The molecular formula is C27H26N4O2. The summed E-state index contributed by atoms with van der Waals surface area (Å²) in [6.07, 6.45) is 0.994. The number of likely N-dealkylation sites (tertiary alicyclic amines) is 1. The van der Waals surface area contributed by atoms with Crippen LogP contribution in [0.4, 0.5) is 5.69 Å². The Morgan fingerprint density at radius 2 is 1.70 bits per heavy atom. The van der Waals surface area contributed by atoms with Crippen LogP contribution in [0.1, 0.15) is 34.0 Å². The summed E-state index contributed by atoms with van der Waals surface area (Å²) >= 11 is 0. The van der Waals surface area contributed by atoms with Gasteiger partial charge in [0.1, 0.15) is 0 Å². The summed E-state index contributed by atoms with van der Waals surface area (Å²) in [4.78, 5) is 30.4. The molecule has 1 amide bonds. The van der Waals surface area contributed by atoms with Crippen molar-refractivity contribution in [2.75, 3.05) is 32.1 Å². The molecule has 2 bridgehead atoms. The van der Waals surface area contributed by atoms with Gasteiger partial charge in [0.05, 0.1) is 11.6 Å². The Morgan fingerprint density at radius 3 is 2.36 bits per heavy atom. The first-order chi connectivity index (χ1) is 15.9. The second kappa shape index (κ2) is 8.25. The Hall–Kier alpha value is -3.85. The number of benzene rings is 2.